The van der Waals surface area contributed by atoms with E-state index in [2.05, 4.69) is 13.8 Å². The van der Waals surface area contributed by atoms with Crippen molar-refractivity contribution in [1.29, 1.82) is 0 Å². The fraction of sp³-hybridized carbons (Fsp3) is 1.00. The molecular formula is C35H74O3Si. The number of unbranched alkanes of at least 4 members (excludes halogenated alkanes) is 27. The molecule has 0 radical (unpaired) electrons. The lowest BCUT2D eigenvalue weighted by molar-refractivity contribution is 0.0955. The Labute approximate surface area is 248 Å². The van der Waals surface area contributed by atoms with Crippen LogP contribution in [0.4, 0.5) is 0 Å². The molecule has 0 atom stereocenters. The summed E-state index contributed by atoms with van der Waals surface area (Å²) in [7, 11) is 1.11. The van der Waals surface area contributed by atoms with Gasteiger partial charge in [-0.3, -0.25) is 0 Å². The Morgan fingerprint density at radius 1 is 0.333 bits per heavy atom. The van der Waals surface area contributed by atoms with Gasteiger partial charge in [0.05, 0.1) is 0 Å². The predicted molar refractivity (Wildman–Crippen MR) is 176 cm³/mol. The lowest BCUT2D eigenvalue weighted by Gasteiger charge is -2.26. The normalized spacial score (nSPS) is 12.0. The number of hydrogen-bond donors (Lipinski definition) is 0. The first kappa shape index (κ1) is 39.1. The van der Waals surface area contributed by atoms with Gasteiger partial charge in [-0.15, -0.1) is 0 Å². The van der Waals surface area contributed by atoms with Gasteiger partial charge in [-0.05, 0) is 12.8 Å². The van der Waals surface area contributed by atoms with Gasteiger partial charge in [0.2, 0.25) is 0 Å². The highest BCUT2D eigenvalue weighted by molar-refractivity contribution is 6.60. The maximum Gasteiger partial charge on any atom is 0.500 e. The molecule has 0 bridgehead atoms. The van der Waals surface area contributed by atoms with Crippen LogP contribution in [0.3, 0.4) is 0 Å². The first-order chi connectivity index (χ1) is 19.2. The molecule has 0 aromatic heterocycles. The van der Waals surface area contributed by atoms with Crippen LogP contribution in [0.2, 0.25) is 6.04 Å². The number of hydrogen-bond acceptors (Lipinski definition) is 3. The summed E-state index contributed by atoms with van der Waals surface area (Å²) in [6.07, 6.45) is 40.3. The highest BCUT2D eigenvalue weighted by Crippen LogP contribution is 2.21. The first-order valence-electron chi connectivity index (χ1n) is 18.0. The largest absolute Gasteiger partial charge is 0.500 e. The third kappa shape index (κ3) is 28.0. The topological polar surface area (TPSA) is 27.7 Å². The van der Waals surface area contributed by atoms with Crippen LogP contribution in [-0.4, -0.2) is 29.6 Å². The van der Waals surface area contributed by atoms with E-state index >= 15 is 0 Å². The molecule has 0 fully saturated rings. The van der Waals surface area contributed by atoms with E-state index in [-0.39, 0.29) is 0 Å². The molecule has 0 aliphatic carbocycles. The first-order valence-corrected chi connectivity index (χ1v) is 19.9. The van der Waals surface area contributed by atoms with Crippen LogP contribution >= 0.6 is 0 Å². The van der Waals surface area contributed by atoms with Crippen molar-refractivity contribution in [2.24, 2.45) is 0 Å². The SMILES string of the molecule is CCCCCCCCCCCCCCCCCO[Si](CCCCCCCCCCCCCCCC)(OC)OC. The summed E-state index contributed by atoms with van der Waals surface area (Å²) in [5.74, 6) is 0. The second kappa shape index (κ2) is 32.6. The van der Waals surface area contributed by atoms with Crippen LogP contribution in [0.25, 0.3) is 0 Å². The fourth-order valence-corrected chi connectivity index (χ4v) is 7.81. The third-order valence-corrected chi connectivity index (χ3v) is 11.4. The molecule has 236 valence electrons. The Balaban J connectivity index is 3.52. The van der Waals surface area contributed by atoms with E-state index in [1.165, 1.54) is 180 Å². The maximum absolute atomic E-state index is 6.25. The summed E-state index contributed by atoms with van der Waals surface area (Å²) in [5.41, 5.74) is 0. The van der Waals surface area contributed by atoms with Gasteiger partial charge in [-0.1, -0.05) is 187 Å². The molecule has 0 saturated heterocycles. The summed E-state index contributed by atoms with van der Waals surface area (Å²) in [5, 5.41) is 0. The molecule has 0 amide bonds. The highest BCUT2D eigenvalue weighted by Gasteiger charge is 2.38. The van der Waals surface area contributed by atoms with E-state index in [4.69, 9.17) is 13.3 Å². The van der Waals surface area contributed by atoms with Gasteiger partial charge < -0.3 is 13.3 Å². The summed E-state index contributed by atoms with van der Waals surface area (Å²) in [6.45, 7) is 5.39. The van der Waals surface area contributed by atoms with Gasteiger partial charge in [0.25, 0.3) is 0 Å². The van der Waals surface area contributed by atoms with E-state index in [0.29, 0.717) is 0 Å². The Morgan fingerprint density at radius 2 is 0.590 bits per heavy atom. The Morgan fingerprint density at radius 3 is 0.872 bits per heavy atom. The lowest BCUT2D eigenvalue weighted by Crippen LogP contribution is -2.44. The minimum absolute atomic E-state index is 0.796. The third-order valence-electron chi connectivity index (χ3n) is 8.53. The summed E-state index contributed by atoms with van der Waals surface area (Å²) >= 11 is 0. The van der Waals surface area contributed by atoms with E-state index in [9.17, 15) is 0 Å². The second-order valence-electron chi connectivity index (χ2n) is 12.2. The van der Waals surface area contributed by atoms with Crippen LogP contribution in [0, 0.1) is 0 Å². The summed E-state index contributed by atoms with van der Waals surface area (Å²) in [6, 6.07) is 0.969. The van der Waals surface area contributed by atoms with Gasteiger partial charge in [0, 0.05) is 26.9 Å². The molecule has 0 aliphatic rings. The molecular weight excluding hydrogens is 496 g/mol. The molecule has 0 N–H and O–H groups in total. The highest BCUT2D eigenvalue weighted by atomic mass is 28.4. The van der Waals surface area contributed by atoms with Crippen molar-refractivity contribution in [2.45, 2.75) is 206 Å². The van der Waals surface area contributed by atoms with Crippen LogP contribution in [0.5, 0.6) is 0 Å². The van der Waals surface area contributed by atoms with Crippen molar-refractivity contribution in [3.8, 4) is 0 Å². The van der Waals surface area contributed by atoms with Crippen molar-refractivity contribution in [3.05, 3.63) is 0 Å². The molecule has 3 nitrogen and oxygen atoms in total. The van der Waals surface area contributed by atoms with Crippen molar-refractivity contribution < 1.29 is 13.3 Å². The average molecular weight is 571 g/mol. The van der Waals surface area contributed by atoms with Gasteiger partial charge in [0.1, 0.15) is 0 Å². The number of rotatable bonds is 34. The zero-order chi connectivity index (χ0) is 28.5. The van der Waals surface area contributed by atoms with E-state index < -0.39 is 8.80 Å². The Bertz CT molecular complexity index is 442. The molecule has 0 saturated carbocycles. The molecule has 0 aromatic rings. The van der Waals surface area contributed by atoms with Crippen LogP contribution in [0.15, 0.2) is 0 Å². The maximum atomic E-state index is 6.25. The fourth-order valence-electron chi connectivity index (χ4n) is 5.71. The van der Waals surface area contributed by atoms with E-state index in [1.54, 1.807) is 14.2 Å². The molecule has 0 spiro atoms. The van der Waals surface area contributed by atoms with Gasteiger partial charge in [-0.25, -0.2) is 0 Å². The Kier molecular flexibility index (Phi) is 32.7. The molecule has 0 rings (SSSR count). The molecule has 39 heavy (non-hydrogen) atoms. The molecule has 0 aliphatic heterocycles. The zero-order valence-corrected chi connectivity index (χ0v) is 28.6. The standard InChI is InChI=1S/C35H74O3Si/c1-5-7-9-11-13-15-17-19-21-22-24-26-28-30-32-34-38-39(36-3,37-4)35-33-31-29-27-25-23-20-18-16-14-12-10-8-6-2/h5-35H2,1-4H3. The average Bonchev–Trinajstić information content (AvgIpc) is 2.96. The van der Waals surface area contributed by atoms with Crippen LogP contribution in [0.1, 0.15) is 200 Å². The molecule has 0 aromatic carbocycles. The van der Waals surface area contributed by atoms with E-state index in [1.807, 2.05) is 0 Å². The van der Waals surface area contributed by atoms with E-state index in [0.717, 1.165) is 19.1 Å². The monoisotopic (exact) mass is 571 g/mol. The predicted octanol–water partition coefficient (Wildman–Crippen LogP) is 12.6. The van der Waals surface area contributed by atoms with Crippen molar-refractivity contribution >= 4 is 8.80 Å². The van der Waals surface area contributed by atoms with Crippen molar-refractivity contribution in [3.63, 3.8) is 0 Å². The summed E-state index contributed by atoms with van der Waals surface area (Å²) in [4.78, 5) is 0. The summed E-state index contributed by atoms with van der Waals surface area (Å²) < 4.78 is 17.9. The van der Waals surface area contributed by atoms with Crippen molar-refractivity contribution in [2.75, 3.05) is 20.8 Å². The lowest BCUT2D eigenvalue weighted by atomic mass is 10.0. The van der Waals surface area contributed by atoms with Gasteiger partial charge in [0.15, 0.2) is 0 Å². The quantitative estimate of drug-likeness (QED) is 0.0568. The molecule has 0 unspecified atom stereocenters. The Hall–Kier alpha value is 0.0969. The minimum atomic E-state index is -2.45. The van der Waals surface area contributed by atoms with Crippen LogP contribution < -0.4 is 0 Å². The van der Waals surface area contributed by atoms with Crippen molar-refractivity contribution in [1.82, 2.24) is 0 Å². The minimum Gasteiger partial charge on any atom is -0.377 e. The smallest absolute Gasteiger partial charge is 0.377 e. The molecule has 4 heteroatoms. The van der Waals surface area contributed by atoms with Gasteiger partial charge >= 0.3 is 8.80 Å². The van der Waals surface area contributed by atoms with Crippen LogP contribution in [-0.2, 0) is 13.3 Å². The van der Waals surface area contributed by atoms with Gasteiger partial charge in [-0.2, -0.15) is 0 Å². The molecule has 0 heterocycles. The zero-order valence-electron chi connectivity index (χ0n) is 27.6. The second-order valence-corrected chi connectivity index (χ2v) is 15.2.